The minimum Gasteiger partial charge on any atom is -0.375 e. The molecule has 0 radical (unpaired) electrons. The first-order valence-electron chi connectivity index (χ1n) is 8.98. The molecule has 1 aliphatic heterocycles. The number of hydrogen-bond donors (Lipinski definition) is 1. The Labute approximate surface area is 141 Å². The molecule has 3 atom stereocenters. The molecule has 2 heterocycles. The summed E-state index contributed by atoms with van der Waals surface area (Å²) in [4.78, 5) is 7.34. The highest BCUT2D eigenvalue weighted by molar-refractivity contribution is 7.22. The van der Waals surface area contributed by atoms with E-state index >= 15 is 0 Å². The van der Waals surface area contributed by atoms with Gasteiger partial charge in [-0.2, -0.15) is 0 Å². The van der Waals surface area contributed by atoms with Crippen molar-refractivity contribution in [3.8, 4) is 0 Å². The third-order valence-electron chi connectivity index (χ3n) is 6.83. The summed E-state index contributed by atoms with van der Waals surface area (Å²) in [7, 11) is 0. The predicted molar refractivity (Wildman–Crippen MR) is 97.0 cm³/mol. The third-order valence-corrected chi connectivity index (χ3v) is 7.68. The molecule has 2 N–H and O–H groups in total. The molecule has 2 bridgehead atoms. The fraction of sp³-hybridized carbons (Fsp3) is 0.632. The fourth-order valence-electron chi connectivity index (χ4n) is 5.01. The molecule has 0 spiro atoms. The standard InChI is InChI=1S/C19H25N3S/c1-11-16-7-13-8-17-15(21-18(20)23-17)9-14(13)19(11,2)5-6-22(16)10-12-3-4-12/h8-9,11-12,16H,3-7,10H2,1-2H3,(H2,20,21)/t11-,16+,19-/m0/s1. The van der Waals surface area contributed by atoms with Gasteiger partial charge in [0.15, 0.2) is 5.13 Å². The van der Waals surface area contributed by atoms with E-state index in [0.29, 0.717) is 16.6 Å². The van der Waals surface area contributed by atoms with Crippen molar-refractivity contribution in [3.63, 3.8) is 0 Å². The first kappa shape index (κ1) is 14.2. The van der Waals surface area contributed by atoms with Crippen molar-refractivity contribution < 1.29 is 0 Å². The van der Waals surface area contributed by atoms with Crippen LogP contribution in [-0.4, -0.2) is 29.0 Å². The Morgan fingerprint density at radius 3 is 3.00 bits per heavy atom. The van der Waals surface area contributed by atoms with Crippen LogP contribution >= 0.6 is 11.3 Å². The van der Waals surface area contributed by atoms with E-state index in [1.165, 1.54) is 43.5 Å². The number of piperidine rings is 1. The molecule has 23 heavy (non-hydrogen) atoms. The quantitative estimate of drug-likeness (QED) is 0.912. The zero-order chi connectivity index (χ0) is 15.8. The lowest BCUT2D eigenvalue weighted by atomic mass is 9.59. The molecule has 0 amide bonds. The van der Waals surface area contributed by atoms with Crippen molar-refractivity contribution in [2.45, 2.75) is 51.0 Å². The molecule has 3 aliphatic rings. The average Bonchev–Trinajstić information content (AvgIpc) is 3.24. The summed E-state index contributed by atoms with van der Waals surface area (Å²) in [6, 6.07) is 5.45. The number of rotatable bonds is 2. The molecule has 1 saturated heterocycles. The molecule has 1 aromatic carbocycles. The van der Waals surface area contributed by atoms with Crippen LogP contribution in [0.3, 0.4) is 0 Å². The highest BCUT2D eigenvalue weighted by Crippen LogP contribution is 2.50. The summed E-state index contributed by atoms with van der Waals surface area (Å²) in [5, 5.41) is 0.693. The number of anilines is 1. The number of nitrogens with two attached hydrogens (primary N) is 1. The van der Waals surface area contributed by atoms with Gasteiger partial charge in [-0.15, -0.1) is 0 Å². The van der Waals surface area contributed by atoms with Crippen LogP contribution in [-0.2, 0) is 11.8 Å². The van der Waals surface area contributed by atoms with Gasteiger partial charge in [-0.25, -0.2) is 4.98 Å². The summed E-state index contributed by atoms with van der Waals surface area (Å²) in [6.07, 6.45) is 5.38. The summed E-state index contributed by atoms with van der Waals surface area (Å²) in [5.41, 5.74) is 10.4. The molecule has 0 unspecified atom stereocenters. The number of hydrogen-bond acceptors (Lipinski definition) is 4. The Hall–Kier alpha value is -1.13. The number of aromatic nitrogens is 1. The van der Waals surface area contributed by atoms with Crippen LogP contribution in [0.15, 0.2) is 12.1 Å². The lowest BCUT2D eigenvalue weighted by Crippen LogP contribution is -2.58. The lowest BCUT2D eigenvalue weighted by Gasteiger charge is -2.54. The van der Waals surface area contributed by atoms with Crippen LogP contribution in [0.25, 0.3) is 10.2 Å². The molecule has 3 nitrogen and oxygen atoms in total. The average molecular weight is 327 g/mol. The number of nitrogen functional groups attached to an aromatic ring is 1. The predicted octanol–water partition coefficient (Wildman–Crippen LogP) is 3.81. The zero-order valence-electron chi connectivity index (χ0n) is 14.0. The van der Waals surface area contributed by atoms with Gasteiger partial charge in [0.25, 0.3) is 0 Å². The second-order valence-electron chi connectivity index (χ2n) is 8.20. The van der Waals surface area contributed by atoms with Gasteiger partial charge in [0, 0.05) is 12.6 Å². The van der Waals surface area contributed by atoms with Crippen LogP contribution in [0.1, 0.15) is 44.2 Å². The molecule has 2 aliphatic carbocycles. The van der Waals surface area contributed by atoms with Gasteiger partial charge in [-0.1, -0.05) is 25.2 Å². The molecular weight excluding hydrogens is 302 g/mol. The van der Waals surface area contributed by atoms with E-state index in [2.05, 4.69) is 35.9 Å². The minimum atomic E-state index is 0.296. The fourth-order valence-corrected chi connectivity index (χ4v) is 5.79. The van der Waals surface area contributed by atoms with Crippen LogP contribution in [0.5, 0.6) is 0 Å². The van der Waals surface area contributed by atoms with Gasteiger partial charge < -0.3 is 5.73 Å². The van der Waals surface area contributed by atoms with Crippen molar-refractivity contribution in [2.75, 3.05) is 18.8 Å². The van der Waals surface area contributed by atoms with Gasteiger partial charge in [0.1, 0.15) is 0 Å². The van der Waals surface area contributed by atoms with Gasteiger partial charge in [0.2, 0.25) is 0 Å². The van der Waals surface area contributed by atoms with Crippen molar-refractivity contribution in [1.82, 2.24) is 9.88 Å². The zero-order valence-corrected chi connectivity index (χ0v) is 14.8. The van der Waals surface area contributed by atoms with E-state index in [0.717, 1.165) is 17.4 Å². The Morgan fingerprint density at radius 2 is 2.22 bits per heavy atom. The number of benzene rings is 1. The van der Waals surface area contributed by atoms with E-state index in [9.17, 15) is 0 Å². The van der Waals surface area contributed by atoms with Crippen molar-refractivity contribution in [2.24, 2.45) is 11.8 Å². The van der Waals surface area contributed by atoms with Crippen LogP contribution in [0.4, 0.5) is 5.13 Å². The first-order chi connectivity index (χ1) is 11.0. The highest BCUT2D eigenvalue weighted by Gasteiger charge is 2.49. The van der Waals surface area contributed by atoms with Gasteiger partial charge in [-0.3, -0.25) is 4.90 Å². The molecule has 1 saturated carbocycles. The van der Waals surface area contributed by atoms with E-state index in [-0.39, 0.29) is 0 Å². The number of fused-ring (bicyclic) bond motifs is 5. The van der Waals surface area contributed by atoms with E-state index in [1.54, 1.807) is 22.5 Å². The monoisotopic (exact) mass is 327 g/mol. The molecule has 2 aromatic rings. The minimum absolute atomic E-state index is 0.296. The SMILES string of the molecule is C[C@H]1[C@H]2Cc3cc4sc(N)nc4cc3[C@@]1(C)CCN2CC1CC1. The number of thiazole rings is 1. The van der Waals surface area contributed by atoms with Crippen molar-refractivity contribution in [3.05, 3.63) is 23.3 Å². The number of nitrogens with zero attached hydrogens (tertiary/aromatic N) is 2. The van der Waals surface area contributed by atoms with Gasteiger partial charge in [0.05, 0.1) is 10.2 Å². The topological polar surface area (TPSA) is 42.1 Å². The normalized spacial score (nSPS) is 33.8. The summed E-state index contributed by atoms with van der Waals surface area (Å²) >= 11 is 1.63. The highest BCUT2D eigenvalue weighted by atomic mass is 32.1. The van der Waals surface area contributed by atoms with Gasteiger partial charge in [-0.05, 0) is 72.7 Å². The smallest absolute Gasteiger partial charge is 0.181 e. The maximum Gasteiger partial charge on any atom is 0.181 e. The molecule has 1 aromatic heterocycles. The van der Waals surface area contributed by atoms with E-state index < -0.39 is 0 Å². The second kappa shape index (κ2) is 4.70. The maximum absolute atomic E-state index is 5.94. The molecule has 122 valence electrons. The second-order valence-corrected chi connectivity index (χ2v) is 9.26. The van der Waals surface area contributed by atoms with Crippen molar-refractivity contribution >= 4 is 26.7 Å². The van der Waals surface area contributed by atoms with Crippen LogP contribution in [0.2, 0.25) is 0 Å². The maximum atomic E-state index is 5.94. The molecule has 2 fully saturated rings. The molecular formula is C19H25N3S. The molecule has 4 heteroatoms. The number of likely N-dealkylation sites (tertiary alicyclic amines) is 1. The van der Waals surface area contributed by atoms with Crippen LogP contribution in [0, 0.1) is 11.8 Å². The lowest BCUT2D eigenvalue weighted by molar-refractivity contribution is 0.0285. The first-order valence-corrected chi connectivity index (χ1v) is 9.80. The Balaban J connectivity index is 1.60. The van der Waals surface area contributed by atoms with Crippen LogP contribution < -0.4 is 5.73 Å². The molecule has 5 rings (SSSR count). The van der Waals surface area contributed by atoms with E-state index in [4.69, 9.17) is 5.73 Å². The Morgan fingerprint density at radius 1 is 1.39 bits per heavy atom. The summed E-state index contributed by atoms with van der Waals surface area (Å²) in [5.74, 6) is 1.70. The van der Waals surface area contributed by atoms with E-state index in [1.807, 2.05) is 0 Å². The third kappa shape index (κ3) is 2.07. The van der Waals surface area contributed by atoms with Crippen molar-refractivity contribution in [1.29, 1.82) is 0 Å². The summed E-state index contributed by atoms with van der Waals surface area (Å²) < 4.78 is 1.26. The Bertz CT molecular complexity index is 778. The summed E-state index contributed by atoms with van der Waals surface area (Å²) in [6.45, 7) is 7.56. The van der Waals surface area contributed by atoms with Gasteiger partial charge >= 0.3 is 0 Å². The largest absolute Gasteiger partial charge is 0.375 e. The Kier molecular flexibility index (Phi) is 2.91.